The average molecular weight is 421 g/mol. The Labute approximate surface area is 169 Å². The number of benzene rings is 2. The number of nitrogens with one attached hydrogen (secondary N) is 2. The summed E-state index contributed by atoms with van der Waals surface area (Å²) >= 11 is 6.12. The van der Waals surface area contributed by atoms with Gasteiger partial charge in [-0.3, -0.25) is 4.79 Å². The second kappa shape index (κ2) is 7.27. The van der Waals surface area contributed by atoms with Gasteiger partial charge >= 0.3 is 0 Å². The van der Waals surface area contributed by atoms with E-state index in [1.807, 2.05) is 25.1 Å². The van der Waals surface area contributed by atoms with Crippen molar-refractivity contribution >= 4 is 38.9 Å². The summed E-state index contributed by atoms with van der Waals surface area (Å²) in [5.74, 6) is -0.277. The zero-order valence-electron chi connectivity index (χ0n) is 15.4. The largest absolute Gasteiger partial charge is 0.368 e. The number of fused-ring (bicyclic) bond motifs is 1. The normalized spacial score (nSPS) is 21.0. The molecule has 9 heteroatoms. The topological polar surface area (TPSA) is 81.8 Å². The maximum atomic E-state index is 12.9. The van der Waals surface area contributed by atoms with E-state index in [1.54, 1.807) is 23.1 Å². The van der Waals surface area contributed by atoms with E-state index in [9.17, 15) is 13.2 Å². The number of para-hydroxylation sites is 1. The molecule has 0 spiro atoms. The maximum absolute atomic E-state index is 12.9. The Morgan fingerprint density at radius 3 is 2.57 bits per heavy atom. The number of nitrogens with zero attached hydrogens (tertiary/aromatic N) is 2. The molecule has 148 valence electrons. The fraction of sp³-hybridized carbons (Fsp3) is 0.316. The first-order chi connectivity index (χ1) is 13.3. The number of rotatable bonds is 2. The summed E-state index contributed by atoms with van der Waals surface area (Å²) in [6.45, 7) is 4.35. The Kier molecular flexibility index (Phi) is 4.95. The van der Waals surface area contributed by atoms with Crippen LogP contribution in [0.5, 0.6) is 0 Å². The minimum atomic E-state index is -3.72. The molecule has 2 heterocycles. The van der Waals surface area contributed by atoms with Crippen LogP contribution in [-0.2, 0) is 14.8 Å². The first-order valence-corrected chi connectivity index (χ1v) is 10.9. The van der Waals surface area contributed by atoms with Gasteiger partial charge in [-0.05, 0) is 36.8 Å². The average Bonchev–Trinajstić information content (AvgIpc) is 2.69. The van der Waals surface area contributed by atoms with Crippen LogP contribution in [0.3, 0.4) is 0 Å². The van der Waals surface area contributed by atoms with E-state index in [0.717, 1.165) is 11.3 Å². The molecule has 1 amide bonds. The van der Waals surface area contributed by atoms with Crippen molar-refractivity contribution in [3.05, 3.63) is 53.1 Å². The summed E-state index contributed by atoms with van der Waals surface area (Å²) in [6, 6.07) is 12.3. The van der Waals surface area contributed by atoms with E-state index < -0.39 is 16.2 Å². The van der Waals surface area contributed by atoms with Gasteiger partial charge in [0.2, 0.25) is 10.0 Å². The van der Waals surface area contributed by atoms with Crippen molar-refractivity contribution in [2.75, 3.05) is 36.4 Å². The summed E-state index contributed by atoms with van der Waals surface area (Å²) in [5.41, 5.74) is 2.63. The van der Waals surface area contributed by atoms with Crippen LogP contribution in [-0.4, -0.2) is 51.6 Å². The summed E-state index contributed by atoms with van der Waals surface area (Å²) in [7, 11) is -3.72. The lowest BCUT2D eigenvalue weighted by atomic mass is 10.1. The fourth-order valence-electron chi connectivity index (χ4n) is 3.61. The third kappa shape index (κ3) is 3.55. The number of anilines is 2. The minimum absolute atomic E-state index is 0.153. The quantitative estimate of drug-likeness (QED) is 0.776. The van der Waals surface area contributed by atoms with Gasteiger partial charge in [-0.25, -0.2) is 8.42 Å². The molecule has 4 rings (SSSR count). The van der Waals surface area contributed by atoms with Crippen LogP contribution in [0, 0.1) is 6.92 Å². The Morgan fingerprint density at radius 2 is 1.82 bits per heavy atom. The van der Waals surface area contributed by atoms with Crippen LogP contribution in [0.4, 0.5) is 11.4 Å². The Bertz CT molecular complexity index is 1020. The molecule has 2 N–H and O–H groups in total. The molecule has 1 fully saturated rings. The summed E-state index contributed by atoms with van der Waals surface area (Å²) in [4.78, 5) is 16.9. The third-order valence-electron chi connectivity index (χ3n) is 5.10. The summed E-state index contributed by atoms with van der Waals surface area (Å²) < 4.78 is 27.3. The third-order valence-corrected chi connectivity index (χ3v) is 6.82. The number of hydrogen-bond donors (Lipinski definition) is 2. The number of amides is 1. The summed E-state index contributed by atoms with van der Waals surface area (Å²) in [5, 5.41) is 3.68. The number of carbonyl (C=O) groups is 1. The molecule has 0 radical (unpaired) electrons. The van der Waals surface area contributed by atoms with Gasteiger partial charge in [0.25, 0.3) is 5.91 Å². The molecule has 0 aliphatic carbocycles. The molecule has 2 aromatic rings. The van der Waals surface area contributed by atoms with E-state index >= 15 is 0 Å². The lowest BCUT2D eigenvalue weighted by Crippen LogP contribution is -2.58. The molecule has 28 heavy (non-hydrogen) atoms. The number of piperazine rings is 1. The summed E-state index contributed by atoms with van der Waals surface area (Å²) in [6.07, 6.45) is -1.00. The second-order valence-electron chi connectivity index (χ2n) is 6.94. The van der Waals surface area contributed by atoms with E-state index in [-0.39, 0.29) is 10.8 Å². The van der Waals surface area contributed by atoms with E-state index in [1.165, 1.54) is 6.07 Å². The monoisotopic (exact) mass is 420 g/mol. The predicted octanol–water partition coefficient (Wildman–Crippen LogP) is 2.03. The maximum Gasteiger partial charge on any atom is 0.261 e. The molecule has 0 unspecified atom stereocenters. The van der Waals surface area contributed by atoms with E-state index in [4.69, 9.17) is 11.6 Å². The van der Waals surface area contributed by atoms with Crippen LogP contribution in [0.1, 0.15) is 5.56 Å². The Hall–Kier alpha value is -2.29. The molecule has 2 aliphatic rings. The lowest BCUT2D eigenvalue weighted by Gasteiger charge is -2.39. The molecule has 7 nitrogen and oxygen atoms in total. The van der Waals surface area contributed by atoms with Gasteiger partial charge in [0.15, 0.2) is 6.17 Å². The van der Waals surface area contributed by atoms with Gasteiger partial charge in [-0.2, -0.15) is 4.72 Å². The number of hydrogen-bond acceptors (Lipinski definition) is 5. The molecule has 0 saturated carbocycles. The van der Waals surface area contributed by atoms with Crippen molar-refractivity contribution < 1.29 is 13.2 Å². The number of aryl methyl sites for hydroxylation is 1. The molecule has 2 aromatic carbocycles. The van der Waals surface area contributed by atoms with Crippen LogP contribution in [0.25, 0.3) is 0 Å². The highest BCUT2D eigenvalue weighted by Crippen LogP contribution is 2.27. The van der Waals surface area contributed by atoms with Crippen LogP contribution < -0.4 is 14.9 Å². The molecule has 1 saturated heterocycles. The van der Waals surface area contributed by atoms with Crippen molar-refractivity contribution in [1.82, 2.24) is 9.62 Å². The number of halogens is 1. The molecule has 0 aromatic heterocycles. The molecule has 1 atom stereocenters. The van der Waals surface area contributed by atoms with Crippen LogP contribution in [0.2, 0.25) is 5.02 Å². The fourth-order valence-corrected chi connectivity index (χ4v) is 5.05. The number of carbonyl (C=O) groups excluding carboxylic acids is 1. The zero-order chi connectivity index (χ0) is 19.9. The predicted molar refractivity (Wildman–Crippen MR) is 109 cm³/mol. The first kappa shape index (κ1) is 19.0. The van der Waals surface area contributed by atoms with Gasteiger partial charge < -0.3 is 15.1 Å². The van der Waals surface area contributed by atoms with Crippen LogP contribution >= 0.6 is 11.6 Å². The molecular weight excluding hydrogens is 400 g/mol. The van der Waals surface area contributed by atoms with E-state index in [0.29, 0.717) is 36.9 Å². The minimum Gasteiger partial charge on any atom is -0.368 e. The molecule has 0 bridgehead atoms. The second-order valence-corrected chi connectivity index (χ2v) is 9.06. The first-order valence-electron chi connectivity index (χ1n) is 9.03. The van der Waals surface area contributed by atoms with E-state index in [2.05, 4.69) is 14.9 Å². The lowest BCUT2D eigenvalue weighted by molar-refractivity contribution is -0.132. The standard InChI is InChI=1S/C19H21ClN4O3S/c1-13-6-7-14(20)12-16(13)23-8-10-24(11-9-23)19(25)18-21-15-4-2-3-5-17(15)28(26,27)22-18/h2-7,12,18,21-22H,8-11H2,1H3/t18-/m0/s1. The van der Waals surface area contributed by atoms with Crippen LogP contribution in [0.15, 0.2) is 47.4 Å². The van der Waals surface area contributed by atoms with Crippen molar-refractivity contribution in [1.29, 1.82) is 0 Å². The van der Waals surface area contributed by atoms with Gasteiger partial charge in [0.1, 0.15) is 4.90 Å². The highest BCUT2D eigenvalue weighted by atomic mass is 35.5. The zero-order valence-corrected chi connectivity index (χ0v) is 16.9. The van der Waals surface area contributed by atoms with Crippen molar-refractivity contribution in [3.8, 4) is 0 Å². The van der Waals surface area contributed by atoms with Crippen molar-refractivity contribution in [3.63, 3.8) is 0 Å². The molecular formula is C19H21ClN4O3S. The van der Waals surface area contributed by atoms with Crippen molar-refractivity contribution in [2.45, 2.75) is 18.0 Å². The van der Waals surface area contributed by atoms with Gasteiger partial charge in [-0.1, -0.05) is 29.8 Å². The van der Waals surface area contributed by atoms with Gasteiger partial charge in [0.05, 0.1) is 5.69 Å². The smallest absolute Gasteiger partial charge is 0.261 e. The van der Waals surface area contributed by atoms with Crippen molar-refractivity contribution in [2.24, 2.45) is 0 Å². The highest BCUT2D eigenvalue weighted by Gasteiger charge is 2.36. The van der Waals surface area contributed by atoms with Gasteiger partial charge in [-0.15, -0.1) is 0 Å². The SMILES string of the molecule is Cc1ccc(Cl)cc1N1CCN(C(=O)[C@H]2Nc3ccccc3S(=O)(=O)N2)CC1. The highest BCUT2D eigenvalue weighted by molar-refractivity contribution is 7.89. The molecule has 2 aliphatic heterocycles. The Morgan fingerprint density at radius 1 is 1.11 bits per heavy atom. The Balaban J connectivity index is 1.46. The number of sulfonamides is 1. The van der Waals surface area contributed by atoms with Gasteiger partial charge in [0, 0.05) is 36.9 Å².